The smallest absolute Gasteiger partial charge is 0.257 e. The lowest BCUT2D eigenvalue weighted by atomic mass is 10.1. The van der Waals surface area contributed by atoms with Crippen LogP contribution >= 0.6 is 0 Å². The fourth-order valence-corrected chi connectivity index (χ4v) is 4.26. The molecule has 31 heavy (non-hydrogen) atoms. The molecule has 2 aromatic heterocycles. The third kappa shape index (κ3) is 3.41. The number of carbonyl (C=O) groups is 1. The van der Waals surface area contributed by atoms with Crippen molar-refractivity contribution in [2.24, 2.45) is 0 Å². The van der Waals surface area contributed by atoms with Gasteiger partial charge in [-0.25, -0.2) is 9.97 Å². The molecule has 0 aliphatic carbocycles. The molecule has 0 unspecified atom stereocenters. The first-order valence-corrected chi connectivity index (χ1v) is 10.7. The van der Waals surface area contributed by atoms with Gasteiger partial charge < -0.3 is 15.8 Å². The molecule has 3 heterocycles. The average Bonchev–Trinajstić information content (AvgIpc) is 3.41. The lowest BCUT2D eigenvalue weighted by molar-refractivity contribution is 0.0859. The highest BCUT2D eigenvalue weighted by molar-refractivity contribution is 6.11. The number of fused-ring (bicyclic) bond motifs is 2. The molecule has 3 N–H and O–H groups in total. The molecule has 1 aliphatic rings. The fourth-order valence-electron chi connectivity index (χ4n) is 4.26. The molecule has 0 saturated carbocycles. The van der Waals surface area contributed by atoms with Gasteiger partial charge in [-0.2, -0.15) is 0 Å². The number of nitrogens with zero attached hydrogens (tertiary/aromatic N) is 3. The third-order valence-electron chi connectivity index (χ3n) is 5.85. The predicted octanol–water partition coefficient (Wildman–Crippen LogP) is 3.63. The second-order valence-corrected chi connectivity index (χ2v) is 7.81. The molecule has 0 spiro atoms. The summed E-state index contributed by atoms with van der Waals surface area (Å²) in [4.78, 5) is 22.9. The molecular weight excluding hydrogens is 390 g/mol. The number of hydrogen-bond donors (Lipinski definition) is 2. The molecule has 1 amide bonds. The fraction of sp³-hybridized carbons (Fsp3) is 0.292. The molecule has 0 radical (unpaired) electrons. The lowest BCUT2D eigenvalue weighted by Gasteiger charge is -2.13. The monoisotopic (exact) mass is 415 g/mol. The quantitative estimate of drug-likeness (QED) is 0.519. The van der Waals surface area contributed by atoms with Gasteiger partial charge in [0.1, 0.15) is 16.9 Å². The summed E-state index contributed by atoms with van der Waals surface area (Å²) in [6, 6.07) is 15.7. The van der Waals surface area contributed by atoms with Crippen LogP contribution in [0.15, 0.2) is 48.5 Å². The number of benzene rings is 2. The lowest BCUT2D eigenvalue weighted by Crippen LogP contribution is -2.32. The van der Waals surface area contributed by atoms with E-state index in [0.29, 0.717) is 29.1 Å². The number of anilines is 1. The molecule has 5 rings (SSSR count). The molecular formula is C24H25N5O2. The average molecular weight is 415 g/mol. The van der Waals surface area contributed by atoms with E-state index in [1.54, 1.807) is 0 Å². The molecule has 4 aromatic rings. The van der Waals surface area contributed by atoms with Gasteiger partial charge in [-0.3, -0.25) is 9.36 Å². The topological polar surface area (TPSA) is 95.1 Å². The summed E-state index contributed by atoms with van der Waals surface area (Å²) in [5.41, 5.74) is 11.6. The second-order valence-electron chi connectivity index (χ2n) is 7.81. The van der Waals surface area contributed by atoms with Crippen LogP contribution in [-0.2, 0) is 11.2 Å². The van der Waals surface area contributed by atoms with Gasteiger partial charge in [0, 0.05) is 13.2 Å². The van der Waals surface area contributed by atoms with Crippen LogP contribution in [0.4, 0.5) is 5.82 Å². The Morgan fingerprint density at radius 2 is 1.90 bits per heavy atom. The number of ether oxygens (including phenoxy) is 1. The normalized spacial score (nSPS) is 16.2. The minimum atomic E-state index is -0.254. The first-order valence-electron chi connectivity index (χ1n) is 10.7. The molecule has 158 valence electrons. The highest BCUT2D eigenvalue weighted by Gasteiger charge is 2.26. The van der Waals surface area contributed by atoms with Gasteiger partial charge in [-0.15, -0.1) is 0 Å². The van der Waals surface area contributed by atoms with E-state index in [0.717, 1.165) is 48.2 Å². The molecule has 1 atom stereocenters. The Bertz CT molecular complexity index is 1270. The number of aryl methyl sites for hydroxylation is 1. The summed E-state index contributed by atoms with van der Waals surface area (Å²) in [6.07, 6.45) is 2.85. The van der Waals surface area contributed by atoms with Crippen LogP contribution in [0.5, 0.6) is 0 Å². The van der Waals surface area contributed by atoms with E-state index in [1.165, 1.54) is 0 Å². The zero-order chi connectivity index (χ0) is 21.4. The van der Waals surface area contributed by atoms with Crippen molar-refractivity contribution < 1.29 is 9.53 Å². The zero-order valence-electron chi connectivity index (χ0n) is 17.5. The highest BCUT2D eigenvalue weighted by atomic mass is 16.5. The van der Waals surface area contributed by atoms with E-state index >= 15 is 0 Å². The first-order chi connectivity index (χ1) is 15.2. The number of aromatic nitrogens is 3. The zero-order valence-corrected chi connectivity index (χ0v) is 17.5. The van der Waals surface area contributed by atoms with Gasteiger partial charge in [-0.1, -0.05) is 37.3 Å². The van der Waals surface area contributed by atoms with Crippen LogP contribution in [0, 0.1) is 0 Å². The second kappa shape index (κ2) is 8.00. The maximum Gasteiger partial charge on any atom is 0.257 e. The number of amides is 1. The molecule has 1 aliphatic heterocycles. The molecule has 7 heteroatoms. The van der Waals surface area contributed by atoms with Gasteiger partial charge in [-0.05, 0) is 43.0 Å². The molecule has 7 nitrogen and oxygen atoms in total. The largest absolute Gasteiger partial charge is 0.384 e. The van der Waals surface area contributed by atoms with Crippen LogP contribution in [0.1, 0.15) is 35.7 Å². The molecule has 1 saturated heterocycles. The van der Waals surface area contributed by atoms with Crippen molar-refractivity contribution in [3.63, 3.8) is 0 Å². The summed E-state index contributed by atoms with van der Waals surface area (Å²) in [5.74, 6) is 0.0892. The van der Waals surface area contributed by atoms with E-state index < -0.39 is 0 Å². The summed E-state index contributed by atoms with van der Waals surface area (Å²) < 4.78 is 7.50. The van der Waals surface area contributed by atoms with E-state index in [2.05, 4.69) is 18.3 Å². The van der Waals surface area contributed by atoms with E-state index in [9.17, 15) is 4.79 Å². The van der Waals surface area contributed by atoms with Crippen LogP contribution in [0.25, 0.3) is 27.9 Å². The van der Waals surface area contributed by atoms with Crippen molar-refractivity contribution >= 4 is 33.9 Å². The Balaban J connectivity index is 1.69. The van der Waals surface area contributed by atoms with Crippen molar-refractivity contribution in [1.29, 1.82) is 0 Å². The minimum absolute atomic E-state index is 0.0475. The Morgan fingerprint density at radius 3 is 2.65 bits per heavy atom. The summed E-state index contributed by atoms with van der Waals surface area (Å²) in [7, 11) is 0. The number of nitrogens with two attached hydrogens (primary N) is 1. The molecule has 0 bridgehead atoms. The van der Waals surface area contributed by atoms with E-state index in [1.807, 2.05) is 47.0 Å². The van der Waals surface area contributed by atoms with Gasteiger partial charge in [0.05, 0.1) is 22.8 Å². The molecule has 2 aromatic carbocycles. The van der Waals surface area contributed by atoms with Gasteiger partial charge in [0.15, 0.2) is 5.65 Å². The van der Waals surface area contributed by atoms with Crippen LogP contribution in [-0.4, -0.2) is 39.7 Å². The predicted molar refractivity (Wildman–Crippen MR) is 121 cm³/mol. The number of nitrogens with one attached hydrogen (secondary N) is 1. The summed E-state index contributed by atoms with van der Waals surface area (Å²) >= 11 is 0. The summed E-state index contributed by atoms with van der Waals surface area (Å²) in [6.45, 7) is 3.29. The highest BCUT2D eigenvalue weighted by Crippen LogP contribution is 2.32. The van der Waals surface area contributed by atoms with Gasteiger partial charge in [0.25, 0.3) is 5.91 Å². The van der Waals surface area contributed by atoms with Crippen LogP contribution in [0.3, 0.4) is 0 Å². The maximum absolute atomic E-state index is 13.2. The number of nitrogen functional groups attached to an aromatic ring is 1. The minimum Gasteiger partial charge on any atom is -0.384 e. The van der Waals surface area contributed by atoms with Crippen LogP contribution < -0.4 is 11.1 Å². The van der Waals surface area contributed by atoms with Gasteiger partial charge >= 0.3 is 0 Å². The Hall–Kier alpha value is -3.45. The maximum atomic E-state index is 13.2. The van der Waals surface area contributed by atoms with E-state index in [4.69, 9.17) is 20.4 Å². The number of carbonyl (C=O) groups excluding carboxylic acids is 1. The van der Waals surface area contributed by atoms with Gasteiger partial charge in [0.2, 0.25) is 0 Å². The number of hydrogen-bond acceptors (Lipinski definition) is 5. The number of rotatable bonds is 5. The van der Waals surface area contributed by atoms with Crippen molar-refractivity contribution in [2.75, 3.05) is 18.9 Å². The summed E-state index contributed by atoms with van der Waals surface area (Å²) in [5, 5.41) is 2.99. The standard InChI is InChI=1S/C24H25N5O2/c1-2-15-8-3-6-12-19(15)29-22(25)20(24(30)26-14-16-9-7-13-31-16)21-23(29)28-18-11-5-4-10-17(18)27-21/h3-6,8,10-12,16H,2,7,9,13-14,25H2,1H3,(H,26,30)/t16-/m1/s1. The SMILES string of the molecule is CCc1ccccc1-n1c(N)c(C(=O)NC[C@H]2CCCO2)c2nc3ccccc3nc21. The number of para-hydroxylation sites is 3. The van der Waals surface area contributed by atoms with Crippen molar-refractivity contribution in [3.05, 3.63) is 59.7 Å². The van der Waals surface area contributed by atoms with Crippen molar-refractivity contribution in [2.45, 2.75) is 32.3 Å². The van der Waals surface area contributed by atoms with Crippen molar-refractivity contribution in [1.82, 2.24) is 19.9 Å². The Labute approximate surface area is 180 Å². The van der Waals surface area contributed by atoms with Crippen molar-refractivity contribution in [3.8, 4) is 5.69 Å². The van der Waals surface area contributed by atoms with E-state index in [-0.39, 0.29) is 12.0 Å². The first kappa shape index (κ1) is 19.5. The third-order valence-corrected chi connectivity index (χ3v) is 5.85. The Morgan fingerprint density at radius 1 is 1.16 bits per heavy atom. The Kier molecular flexibility index (Phi) is 5.03. The van der Waals surface area contributed by atoms with Crippen LogP contribution in [0.2, 0.25) is 0 Å². The molecule has 1 fully saturated rings.